The molecule has 0 saturated carbocycles. The molecule has 0 fully saturated rings. The maximum atomic E-state index is 13.6. The fraction of sp³-hybridized carbons (Fsp3) is 0.333. The van der Waals surface area contributed by atoms with Crippen LogP contribution >= 0.6 is 23.1 Å². The first-order valence-electron chi connectivity index (χ1n) is 8.11. The van der Waals surface area contributed by atoms with Crippen LogP contribution in [-0.4, -0.2) is 15.3 Å². The molecule has 0 N–H and O–H groups in total. The smallest absolute Gasteiger partial charge is 0.262 e. The summed E-state index contributed by atoms with van der Waals surface area (Å²) in [6, 6.07) is 6.73. The van der Waals surface area contributed by atoms with Crippen molar-refractivity contribution in [1.82, 2.24) is 9.55 Å². The number of aromatic nitrogens is 2. The second-order valence-electron chi connectivity index (χ2n) is 5.91. The summed E-state index contributed by atoms with van der Waals surface area (Å²) in [6.07, 6.45) is 6.04. The van der Waals surface area contributed by atoms with Crippen LogP contribution in [0.15, 0.2) is 40.3 Å². The Morgan fingerprint density at radius 1 is 1.25 bits per heavy atom. The molecule has 2 aromatic heterocycles. The van der Waals surface area contributed by atoms with Gasteiger partial charge in [-0.2, -0.15) is 0 Å². The molecule has 1 aliphatic carbocycles. The number of halogens is 1. The number of nitrogens with zero attached hydrogens (tertiary/aromatic N) is 2. The Morgan fingerprint density at radius 2 is 2.08 bits per heavy atom. The molecule has 0 bridgehead atoms. The van der Waals surface area contributed by atoms with Crippen LogP contribution in [0.1, 0.15) is 23.3 Å². The highest BCUT2D eigenvalue weighted by Gasteiger charge is 2.19. The van der Waals surface area contributed by atoms with Gasteiger partial charge in [-0.15, -0.1) is 23.1 Å². The predicted octanol–water partition coefficient (Wildman–Crippen LogP) is 4.27. The molecule has 0 amide bonds. The van der Waals surface area contributed by atoms with E-state index in [1.807, 2.05) is 6.07 Å². The van der Waals surface area contributed by atoms with Crippen LogP contribution in [-0.2, 0) is 19.4 Å². The van der Waals surface area contributed by atoms with Gasteiger partial charge in [-0.3, -0.25) is 9.36 Å². The first-order chi connectivity index (χ1) is 11.7. The first kappa shape index (κ1) is 15.8. The summed E-state index contributed by atoms with van der Waals surface area (Å²) in [5, 5.41) is 0.813. The van der Waals surface area contributed by atoms with E-state index in [1.54, 1.807) is 34.4 Å². The van der Waals surface area contributed by atoms with E-state index in [1.165, 1.54) is 34.7 Å². The summed E-state index contributed by atoms with van der Waals surface area (Å²) in [7, 11) is 0. The van der Waals surface area contributed by atoms with E-state index in [-0.39, 0.29) is 11.4 Å². The Morgan fingerprint density at radius 3 is 2.96 bits per heavy atom. The fourth-order valence-corrected chi connectivity index (χ4v) is 5.26. The topological polar surface area (TPSA) is 34.9 Å². The van der Waals surface area contributed by atoms with Crippen LogP contribution in [0.5, 0.6) is 0 Å². The zero-order valence-electron chi connectivity index (χ0n) is 13.1. The number of fused-ring (bicyclic) bond motifs is 3. The van der Waals surface area contributed by atoms with Gasteiger partial charge in [0.25, 0.3) is 5.56 Å². The van der Waals surface area contributed by atoms with Gasteiger partial charge in [0.2, 0.25) is 0 Å². The molecule has 2 heterocycles. The van der Waals surface area contributed by atoms with Crippen LogP contribution in [0.4, 0.5) is 4.39 Å². The minimum absolute atomic E-state index is 0.0496. The maximum Gasteiger partial charge on any atom is 0.262 e. The van der Waals surface area contributed by atoms with Crippen LogP contribution in [0.3, 0.4) is 0 Å². The molecule has 1 aromatic carbocycles. The highest BCUT2D eigenvalue weighted by Crippen LogP contribution is 2.33. The van der Waals surface area contributed by atoms with Gasteiger partial charge in [0.15, 0.2) is 0 Å². The van der Waals surface area contributed by atoms with Crippen molar-refractivity contribution < 1.29 is 4.39 Å². The summed E-state index contributed by atoms with van der Waals surface area (Å²) in [4.78, 5) is 20.1. The third-order valence-electron chi connectivity index (χ3n) is 4.37. The summed E-state index contributed by atoms with van der Waals surface area (Å²) in [5.74, 6) is 0.427. The van der Waals surface area contributed by atoms with E-state index in [0.29, 0.717) is 17.2 Å². The second-order valence-corrected chi connectivity index (χ2v) is 8.13. The molecule has 6 heteroatoms. The highest BCUT2D eigenvalue weighted by atomic mass is 32.2. The lowest BCUT2D eigenvalue weighted by molar-refractivity contribution is 0.601. The normalized spacial score (nSPS) is 14.0. The van der Waals surface area contributed by atoms with E-state index < -0.39 is 0 Å². The summed E-state index contributed by atoms with van der Waals surface area (Å²) in [5.41, 5.74) is 1.27. The molecule has 0 radical (unpaired) electrons. The molecule has 0 saturated heterocycles. The average Bonchev–Trinajstić information content (AvgIpc) is 2.98. The van der Waals surface area contributed by atoms with Crippen molar-refractivity contribution in [1.29, 1.82) is 0 Å². The van der Waals surface area contributed by atoms with Gasteiger partial charge in [-0.1, -0.05) is 12.1 Å². The number of thioether (sulfide) groups is 1. The molecule has 4 rings (SSSR count). The number of benzene rings is 1. The van der Waals surface area contributed by atoms with Crippen LogP contribution in [0.2, 0.25) is 0 Å². The van der Waals surface area contributed by atoms with Gasteiger partial charge in [-0.05, 0) is 43.4 Å². The van der Waals surface area contributed by atoms with Crippen molar-refractivity contribution in [3.8, 4) is 0 Å². The molecule has 3 aromatic rings. The van der Waals surface area contributed by atoms with Gasteiger partial charge in [0.1, 0.15) is 10.6 Å². The van der Waals surface area contributed by atoms with Crippen LogP contribution in [0.25, 0.3) is 10.2 Å². The molecule has 1 aliphatic rings. The fourth-order valence-electron chi connectivity index (χ4n) is 3.16. The second kappa shape index (κ2) is 6.69. The molecule has 3 nitrogen and oxygen atoms in total. The molecule has 124 valence electrons. The SMILES string of the molecule is O=c1c2c3c(sc2ncn1CCSc1ccccc1F)CCCC3. The zero-order valence-corrected chi connectivity index (χ0v) is 14.8. The zero-order chi connectivity index (χ0) is 16.5. The van der Waals surface area contributed by atoms with E-state index >= 15 is 0 Å². The minimum Gasteiger partial charge on any atom is -0.298 e. The number of rotatable bonds is 4. The van der Waals surface area contributed by atoms with Gasteiger partial charge in [0, 0.05) is 22.1 Å². The third-order valence-corrected chi connectivity index (χ3v) is 6.60. The van der Waals surface area contributed by atoms with E-state index in [2.05, 4.69) is 4.98 Å². The van der Waals surface area contributed by atoms with Crippen LogP contribution in [0, 0.1) is 5.82 Å². The lowest BCUT2D eigenvalue weighted by Gasteiger charge is -2.10. The molecule has 0 aliphatic heterocycles. The Labute approximate surface area is 147 Å². The maximum absolute atomic E-state index is 13.6. The lowest BCUT2D eigenvalue weighted by atomic mass is 9.97. The van der Waals surface area contributed by atoms with E-state index in [0.717, 1.165) is 29.5 Å². The number of aryl methyl sites for hydroxylation is 3. The quantitative estimate of drug-likeness (QED) is 0.652. The summed E-state index contributed by atoms with van der Waals surface area (Å²) >= 11 is 3.09. The molecular weight excluding hydrogens is 343 g/mol. The first-order valence-corrected chi connectivity index (χ1v) is 9.91. The van der Waals surface area contributed by atoms with Crippen molar-refractivity contribution in [2.75, 3.05) is 5.75 Å². The number of hydrogen-bond acceptors (Lipinski definition) is 4. The number of hydrogen-bond donors (Lipinski definition) is 0. The molecule has 0 atom stereocenters. The van der Waals surface area contributed by atoms with Crippen molar-refractivity contribution in [3.63, 3.8) is 0 Å². The van der Waals surface area contributed by atoms with Gasteiger partial charge < -0.3 is 0 Å². The average molecular weight is 360 g/mol. The predicted molar refractivity (Wildman–Crippen MR) is 97.6 cm³/mol. The van der Waals surface area contributed by atoms with Crippen molar-refractivity contribution >= 4 is 33.3 Å². The van der Waals surface area contributed by atoms with Gasteiger partial charge >= 0.3 is 0 Å². The standard InChI is InChI=1S/C18H17FN2OS2/c19-13-6-2-4-8-15(13)23-10-9-21-11-20-17-16(18(21)22)12-5-1-3-7-14(12)24-17/h2,4,6,8,11H,1,3,5,7,9-10H2. The lowest BCUT2D eigenvalue weighted by Crippen LogP contribution is -2.22. The molecule has 0 spiro atoms. The Bertz CT molecular complexity index is 948. The molecular formula is C18H17FN2OS2. The Kier molecular flexibility index (Phi) is 4.41. The van der Waals surface area contributed by atoms with Gasteiger partial charge in [0.05, 0.1) is 11.7 Å². The monoisotopic (exact) mass is 360 g/mol. The van der Waals surface area contributed by atoms with Gasteiger partial charge in [-0.25, -0.2) is 9.37 Å². The summed E-state index contributed by atoms with van der Waals surface area (Å²) in [6.45, 7) is 0.533. The largest absolute Gasteiger partial charge is 0.298 e. The Balaban J connectivity index is 1.57. The molecule has 0 unspecified atom stereocenters. The summed E-state index contributed by atoms with van der Waals surface area (Å²) < 4.78 is 15.3. The molecule has 24 heavy (non-hydrogen) atoms. The van der Waals surface area contributed by atoms with Crippen molar-refractivity contribution in [2.45, 2.75) is 37.1 Å². The van der Waals surface area contributed by atoms with Crippen LogP contribution < -0.4 is 5.56 Å². The number of thiophene rings is 1. The highest BCUT2D eigenvalue weighted by molar-refractivity contribution is 7.99. The minimum atomic E-state index is -0.213. The van der Waals surface area contributed by atoms with E-state index in [4.69, 9.17) is 0 Å². The van der Waals surface area contributed by atoms with E-state index in [9.17, 15) is 9.18 Å². The Hall–Kier alpha value is -1.66. The van der Waals surface area contributed by atoms with Crippen molar-refractivity contribution in [3.05, 3.63) is 57.2 Å². The third kappa shape index (κ3) is 2.89. The van der Waals surface area contributed by atoms with Crippen molar-refractivity contribution in [2.24, 2.45) is 0 Å².